The van der Waals surface area contributed by atoms with E-state index in [0.29, 0.717) is 39.8 Å². The fraction of sp³-hybridized carbons (Fsp3) is 0.214. The molecule has 2 N–H and O–H groups in total. The van der Waals surface area contributed by atoms with Crippen molar-refractivity contribution in [1.29, 1.82) is 5.26 Å². The molecular weight excluding hydrogens is 295 g/mol. The molecule has 20 heavy (non-hydrogen) atoms. The van der Waals surface area contributed by atoms with Crippen LogP contribution in [0.15, 0.2) is 18.2 Å². The molecule has 0 amide bonds. The Labute approximate surface area is 127 Å². The fourth-order valence-corrected chi connectivity index (χ4v) is 2.41. The van der Waals surface area contributed by atoms with Gasteiger partial charge in [0.1, 0.15) is 6.07 Å². The van der Waals surface area contributed by atoms with Crippen LogP contribution in [0.1, 0.15) is 29.4 Å². The molecule has 0 aliphatic carbocycles. The monoisotopic (exact) mass is 306 g/mol. The van der Waals surface area contributed by atoms with E-state index in [4.69, 9.17) is 28.9 Å². The van der Waals surface area contributed by atoms with Gasteiger partial charge in [0.2, 0.25) is 5.95 Å². The van der Waals surface area contributed by atoms with Crippen LogP contribution in [0.3, 0.4) is 0 Å². The van der Waals surface area contributed by atoms with Crippen LogP contribution in [0.2, 0.25) is 10.0 Å². The van der Waals surface area contributed by atoms with Gasteiger partial charge in [0, 0.05) is 16.5 Å². The van der Waals surface area contributed by atoms with E-state index in [9.17, 15) is 5.26 Å². The number of hydrogen-bond acceptors (Lipinski definition) is 4. The second-order valence-corrected chi connectivity index (χ2v) is 5.07. The summed E-state index contributed by atoms with van der Waals surface area (Å²) in [4.78, 5) is 8.26. The summed E-state index contributed by atoms with van der Waals surface area (Å²) in [5.74, 6) is 0.168. The molecule has 0 unspecified atom stereocenters. The molecule has 0 aliphatic heterocycles. The average Bonchev–Trinajstić information content (AvgIpc) is 2.41. The second-order valence-electron chi connectivity index (χ2n) is 4.23. The normalized spacial score (nSPS) is 10.3. The number of benzene rings is 1. The van der Waals surface area contributed by atoms with Gasteiger partial charge in [-0.25, -0.2) is 9.97 Å². The molecule has 0 spiro atoms. The molecule has 2 rings (SSSR count). The average molecular weight is 307 g/mol. The molecule has 1 heterocycles. The van der Waals surface area contributed by atoms with E-state index in [2.05, 4.69) is 16.0 Å². The first-order chi connectivity index (χ1) is 9.55. The van der Waals surface area contributed by atoms with Gasteiger partial charge in [0.05, 0.1) is 17.0 Å². The van der Waals surface area contributed by atoms with Crippen molar-refractivity contribution in [2.75, 3.05) is 5.73 Å². The molecule has 0 atom stereocenters. The Kier molecular flexibility index (Phi) is 4.43. The molecule has 1 aromatic carbocycles. The number of hydrogen-bond donors (Lipinski definition) is 1. The number of nitrogens with two attached hydrogens (primary N) is 1. The molecule has 0 saturated heterocycles. The Morgan fingerprint density at radius 2 is 1.95 bits per heavy atom. The molecule has 102 valence electrons. The van der Waals surface area contributed by atoms with Crippen molar-refractivity contribution in [3.63, 3.8) is 0 Å². The Bertz CT molecular complexity index is 692. The zero-order chi connectivity index (χ0) is 14.7. The lowest BCUT2D eigenvalue weighted by atomic mass is 10.0. The van der Waals surface area contributed by atoms with Crippen LogP contribution in [-0.2, 0) is 12.8 Å². The van der Waals surface area contributed by atoms with Gasteiger partial charge in [-0.3, -0.25) is 0 Å². The van der Waals surface area contributed by atoms with Gasteiger partial charge in [-0.05, 0) is 24.1 Å². The highest BCUT2D eigenvalue weighted by Crippen LogP contribution is 2.24. The van der Waals surface area contributed by atoms with Gasteiger partial charge >= 0.3 is 0 Å². The molecule has 0 radical (unpaired) electrons. The van der Waals surface area contributed by atoms with Gasteiger partial charge in [-0.2, -0.15) is 5.26 Å². The Morgan fingerprint density at radius 1 is 1.25 bits per heavy atom. The van der Waals surface area contributed by atoms with E-state index in [0.717, 1.165) is 5.56 Å². The van der Waals surface area contributed by atoms with E-state index >= 15 is 0 Å². The molecule has 1 aromatic heterocycles. The van der Waals surface area contributed by atoms with Gasteiger partial charge < -0.3 is 5.73 Å². The second kappa shape index (κ2) is 6.08. The number of nitrogens with zero attached hydrogens (tertiary/aromatic N) is 3. The molecule has 0 fully saturated rings. The summed E-state index contributed by atoms with van der Waals surface area (Å²) in [6.07, 6.45) is 1.04. The van der Waals surface area contributed by atoms with Crippen LogP contribution in [0.4, 0.5) is 5.95 Å². The predicted molar refractivity (Wildman–Crippen MR) is 79.8 cm³/mol. The van der Waals surface area contributed by atoms with Gasteiger partial charge in [-0.1, -0.05) is 36.2 Å². The van der Waals surface area contributed by atoms with Gasteiger partial charge in [-0.15, -0.1) is 0 Å². The molecule has 6 heteroatoms. The molecule has 2 aromatic rings. The zero-order valence-corrected chi connectivity index (χ0v) is 12.3. The topological polar surface area (TPSA) is 75.6 Å². The number of anilines is 1. The van der Waals surface area contributed by atoms with E-state index in [1.807, 2.05) is 13.0 Å². The third-order valence-corrected chi connectivity index (χ3v) is 3.48. The van der Waals surface area contributed by atoms with Crippen LogP contribution in [0.25, 0.3) is 0 Å². The minimum Gasteiger partial charge on any atom is -0.368 e. The number of nitriles is 1. The number of nitrogen functional groups attached to an aromatic ring is 1. The van der Waals surface area contributed by atoms with Crippen LogP contribution in [0.5, 0.6) is 0 Å². The van der Waals surface area contributed by atoms with Crippen LogP contribution in [-0.4, -0.2) is 9.97 Å². The minimum absolute atomic E-state index is 0.168. The first-order valence-corrected chi connectivity index (χ1v) is 6.80. The predicted octanol–water partition coefficient (Wildman–Crippen LogP) is 3.39. The van der Waals surface area contributed by atoms with E-state index in [1.165, 1.54) is 0 Å². The zero-order valence-electron chi connectivity index (χ0n) is 10.8. The summed E-state index contributed by atoms with van der Waals surface area (Å²) < 4.78 is 0. The largest absolute Gasteiger partial charge is 0.368 e. The summed E-state index contributed by atoms with van der Waals surface area (Å²) in [5.41, 5.74) is 8.23. The van der Waals surface area contributed by atoms with Crippen molar-refractivity contribution in [2.24, 2.45) is 0 Å². The Morgan fingerprint density at radius 3 is 2.55 bits per heavy atom. The van der Waals surface area contributed by atoms with Crippen LogP contribution >= 0.6 is 23.2 Å². The lowest BCUT2D eigenvalue weighted by molar-refractivity contribution is 0.947. The third-order valence-electron chi connectivity index (χ3n) is 2.90. The number of aryl methyl sites for hydroxylation is 1. The van der Waals surface area contributed by atoms with Gasteiger partial charge in [0.15, 0.2) is 0 Å². The molecular formula is C14H12Cl2N4. The highest BCUT2D eigenvalue weighted by molar-refractivity contribution is 6.35. The standard InChI is InChI=1S/C14H12Cl2N4/c1-2-12-10(7-17)13(20-14(18)19-12)5-8-3-4-9(15)6-11(8)16/h3-4,6H,2,5H2,1H3,(H2,18,19,20). The highest BCUT2D eigenvalue weighted by atomic mass is 35.5. The van der Waals surface area contributed by atoms with Crippen molar-refractivity contribution < 1.29 is 0 Å². The summed E-state index contributed by atoms with van der Waals surface area (Å²) >= 11 is 12.0. The first-order valence-electron chi connectivity index (χ1n) is 6.04. The highest BCUT2D eigenvalue weighted by Gasteiger charge is 2.14. The SMILES string of the molecule is CCc1nc(N)nc(Cc2ccc(Cl)cc2Cl)c1C#N. The third kappa shape index (κ3) is 3.01. The number of halogens is 2. The Hall–Kier alpha value is -1.83. The Balaban J connectivity index is 2.48. The van der Waals surface area contributed by atoms with Crippen molar-refractivity contribution in [3.05, 3.63) is 50.8 Å². The van der Waals surface area contributed by atoms with Gasteiger partial charge in [0.25, 0.3) is 0 Å². The maximum absolute atomic E-state index is 9.29. The quantitative estimate of drug-likeness (QED) is 0.943. The summed E-state index contributed by atoms with van der Waals surface area (Å²) in [7, 11) is 0. The number of rotatable bonds is 3. The fourth-order valence-electron chi connectivity index (χ4n) is 1.94. The van der Waals surface area contributed by atoms with Crippen LogP contribution < -0.4 is 5.73 Å². The molecule has 0 bridgehead atoms. The lowest BCUT2D eigenvalue weighted by Crippen LogP contribution is -2.08. The summed E-state index contributed by atoms with van der Waals surface area (Å²) in [5, 5.41) is 10.4. The summed E-state index contributed by atoms with van der Waals surface area (Å²) in [6, 6.07) is 7.37. The van der Waals surface area contributed by atoms with Crippen molar-refractivity contribution in [3.8, 4) is 6.07 Å². The molecule has 4 nitrogen and oxygen atoms in total. The van der Waals surface area contributed by atoms with E-state index in [-0.39, 0.29) is 5.95 Å². The molecule has 0 aliphatic rings. The number of aromatic nitrogens is 2. The smallest absolute Gasteiger partial charge is 0.220 e. The van der Waals surface area contributed by atoms with Crippen molar-refractivity contribution >= 4 is 29.2 Å². The maximum atomic E-state index is 9.29. The lowest BCUT2D eigenvalue weighted by Gasteiger charge is -2.09. The van der Waals surface area contributed by atoms with Crippen LogP contribution in [0, 0.1) is 11.3 Å². The first kappa shape index (κ1) is 14.6. The van der Waals surface area contributed by atoms with E-state index < -0.39 is 0 Å². The van der Waals surface area contributed by atoms with E-state index in [1.54, 1.807) is 12.1 Å². The van der Waals surface area contributed by atoms with Crippen molar-refractivity contribution in [1.82, 2.24) is 9.97 Å². The molecule has 0 saturated carbocycles. The summed E-state index contributed by atoms with van der Waals surface area (Å²) in [6.45, 7) is 1.92. The minimum atomic E-state index is 0.168. The van der Waals surface area contributed by atoms with Crippen molar-refractivity contribution in [2.45, 2.75) is 19.8 Å². The maximum Gasteiger partial charge on any atom is 0.220 e.